The zero-order valence-corrected chi connectivity index (χ0v) is 11.8. The summed E-state index contributed by atoms with van der Waals surface area (Å²) in [5.74, 6) is -1.06. The Bertz CT molecular complexity index is 518. The van der Waals surface area contributed by atoms with Gasteiger partial charge in [0.1, 0.15) is 11.2 Å². The maximum atomic E-state index is 12.0. The molecule has 0 radical (unpaired) electrons. The van der Waals surface area contributed by atoms with Gasteiger partial charge in [0.2, 0.25) is 0 Å². The van der Waals surface area contributed by atoms with Gasteiger partial charge in [0, 0.05) is 19.0 Å². The predicted molar refractivity (Wildman–Crippen MR) is 70.7 cm³/mol. The van der Waals surface area contributed by atoms with E-state index in [-0.39, 0.29) is 17.6 Å². The summed E-state index contributed by atoms with van der Waals surface area (Å²) in [5.41, 5.74) is 0.208. The molecule has 0 bridgehead atoms. The molecule has 20 heavy (non-hydrogen) atoms. The number of carbonyl (C=O) groups is 2. The van der Waals surface area contributed by atoms with Crippen LogP contribution in [-0.2, 0) is 4.74 Å². The van der Waals surface area contributed by atoms with E-state index in [4.69, 9.17) is 9.84 Å². The Morgan fingerprint density at radius 1 is 1.50 bits per heavy atom. The van der Waals surface area contributed by atoms with E-state index in [9.17, 15) is 9.59 Å². The highest BCUT2D eigenvalue weighted by atomic mass is 16.6. The summed E-state index contributed by atoms with van der Waals surface area (Å²) >= 11 is 0. The van der Waals surface area contributed by atoms with Crippen molar-refractivity contribution in [3.63, 3.8) is 0 Å². The van der Waals surface area contributed by atoms with Crippen LogP contribution in [0.4, 0.5) is 4.79 Å². The van der Waals surface area contributed by atoms with E-state index in [1.165, 1.54) is 6.20 Å². The Labute approximate surface area is 116 Å². The molecule has 2 N–H and O–H groups in total. The molecule has 2 heterocycles. The Kier molecular flexibility index (Phi) is 3.69. The fourth-order valence-electron chi connectivity index (χ4n) is 2.27. The Morgan fingerprint density at radius 3 is 2.80 bits per heavy atom. The number of amides is 1. The van der Waals surface area contributed by atoms with Gasteiger partial charge >= 0.3 is 12.1 Å². The number of nitrogens with zero attached hydrogens (tertiary/aromatic N) is 2. The van der Waals surface area contributed by atoms with E-state index in [0.717, 1.165) is 0 Å². The minimum Gasteiger partial charge on any atom is -0.478 e. The normalized spacial score (nSPS) is 19.1. The number of carboxylic acid groups (broad SMARTS) is 1. The fraction of sp³-hybridized carbons (Fsp3) is 0.615. The summed E-state index contributed by atoms with van der Waals surface area (Å²) < 4.78 is 5.31. The first-order chi connectivity index (χ1) is 9.28. The number of carboxylic acids is 1. The molecular formula is C13H19N3O4. The Hall–Kier alpha value is -2.05. The molecule has 0 aromatic carbocycles. The van der Waals surface area contributed by atoms with Crippen LogP contribution in [0.15, 0.2) is 6.20 Å². The lowest BCUT2D eigenvalue weighted by Crippen LogP contribution is -2.35. The lowest BCUT2D eigenvalue weighted by molar-refractivity contribution is 0.0292. The molecule has 1 aromatic rings. The van der Waals surface area contributed by atoms with Crippen molar-refractivity contribution < 1.29 is 19.4 Å². The van der Waals surface area contributed by atoms with E-state index >= 15 is 0 Å². The monoisotopic (exact) mass is 281 g/mol. The van der Waals surface area contributed by atoms with E-state index in [1.807, 2.05) is 20.8 Å². The summed E-state index contributed by atoms with van der Waals surface area (Å²) in [6, 6.07) is 0. The number of aromatic carboxylic acids is 1. The van der Waals surface area contributed by atoms with Crippen molar-refractivity contribution in [2.75, 3.05) is 13.1 Å². The first-order valence-electron chi connectivity index (χ1n) is 6.52. The van der Waals surface area contributed by atoms with Gasteiger partial charge in [-0.2, -0.15) is 5.10 Å². The Morgan fingerprint density at radius 2 is 2.20 bits per heavy atom. The topological polar surface area (TPSA) is 95.5 Å². The van der Waals surface area contributed by atoms with E-state index in [0.29, 0.717) is 25.2 Å². The molecular weight excluding hydrogens is 262 g/mol. The number of nitrogens with one attached hydrogen (secondary N) is 1. The van der Waals surface area contributed by atoms with Crippen molar-refractivity contribution in [1.29, 1.82) is 0 Å². The maximum Gasteiger partial charge on any atom is 0.410 e. The molecule has 1 aliphatic rings. The first kappa shape index (κ1) is 14.4. The standard InChI is InChI=1S/C13H19N3O4/c1-13(2,3)20-12(19)16-5-4-8(7-16)10-9(11(17)18)6-14-15-10/h6,8H,4-5,7H2,1-3H3,(H,14,15)(H,17,18)/t8-/m0/s1. The highest BCUT2D eigenvalue weighted by Gasteiger charge is 2.33. The van der Waals surface area contributed by atoms with Gasteiger partial charge in [0.15, 0.2) is 0 Å². The molecule has 1 aromatic heterocycles. The quantitative estimate of drug-likeness (QED) is 0.862. The highest BCUT2D eigenvalue weighted by molar-refractivity contribution is 5.88. The average Bonchev–Trinajstić information content (AvgIpc) is 2.95. The van der Waals surface area contributed by atoms with Gasteiger partial charge in [-0.25, -0.2) is 9.59 Å². The van der Waals surface area contributed by atoms with Crippen molar-refractivity contribution >= 4 is 12.1 Å². The minimum absolute atomic E-state index is 0.0453. The van der Waals surface area contributed by atoms with Crippen molar-refractivity contribution in [2.24, 2.45) is 0 Å². The van der Waals surface area contributed by atoms with Crippen LogP contribution in [0.2, 0.25) is 0 Å². The van der Waals surface area contributed by atoms with Crippen molar-refractivity contribution in [2.45, 2.75) is 38.7 Å². The number of aromatic nitrogens is 2. The summed E-state index contributed by atoms with van der Waals surface area (Å²) in [7, 11) is 0. The van der Waals surface area contributed by atoms with Gasteiger partial charge in [-0.05, 0) is 27.2 Å². The fourth-order valence-corrected chi connectivity index (χ4v) is 2.27. The number of H-pyrrole nitrogens is 1. The third kappa shape index (κ3) is 3.09. The van der Waals surface area contributed by atoms with Crippen LogP contribution in [0.5, 0.6) is 0 Å². The number of aromatic amines is 1. The summed E-state index contributed by atoms with van der Waals surface area (Å²) in [6.07, 6.45) is 1.63. The van der Waals surface area contributed by atoms with E-state index in [2.05, 4.69) is 10.2 Å². The molecule has 7 heteroatoms. The van der Waals surface area contributed by atoms with Crippen LogP contribution in [0.3, 0.4) is 0 Å². The molecule has 1 saturated heterocycles. The molecule has 110 valence electrons. The lowest BCUT2D eigenvalue weighted by Gasteiger charge is -2.24. The van der Waals surface area contributed by atoms with Crippen LogP contribution < -0.4 is 0 Å². The second-order valence-electron chi connectivity index (χ2n) is 5.91. The third-order valence-electron chi connectivity index (χ3n) is 3.15. The van der Waals surface area contributed by atoms with Crippen LogP contribution in [0.25, 0.3) is 0 Å². The molecule has 0 saturated carbocycles. The van der Waals surface area contributed by atoms with Crippen molar-refractivity contribution in [1.82, 2.24) is 15.1 Å². The molecule has 0 unspecified atom stereocenters. The highest BCUT2D eigenvalue weighted by Crippen LogP contribution is 2.29. The molecule has 2 rings (SSSR count). The molecule has 1 atom stereocenters. The number of ether oxygens (including phenoxy) is 1. The van der Waals surface area contributed by atoms with Crippen LogP contribution >= 0.6 is 0 Å². The molecule has 1 amide bonds. The van der Waals surface area contributed by atoms with E-state index in [1.54, 1.807) is 4.90 Å². The van der Waals surface area contributed by atoms with Gasteiger partial charge in [0.25, 0.3) is 0 Å². The van der Waals surface area contributed by atoms with Gasteiger partial charge in [-0.1, -0.05) is 0 Å². The number of carbonyl (C=O) groups excluding carboxylic acids is 1. The minimum atomic E-state index is -1.01. The summed E-state index contributed by atoms with van der Waals surface area (Å²) in [4.78, 5) is 24.6. The van der Waals surface area contributed by atoms with Gasteiger partial charge in [-0.3, -0.25) is 5.10 Å². The van der Waals surface area contributed by atoms with Crippen molar-refractivity contribution in [3.05, 3.63) is 17.5 Å². The number of hydrogen-bond donors (Lipinski definition) is 2. The second kappa shape index (κ2) is 5.15. The molecule has 0 spiro atoms. The van der Waals surface area contributed by atoms with E-state index < -0.39 is 11.6 Å². The van der Waals surface area contributed by atoms with Gasteiger partial charge < -0.3 is 14.7 Å². The molecule has 1 aliphatic heterocycles. The second-order valence-corrected chi connectivity index (χ2v) is 5.91. The maximum absolute atomic E-state index is 12.0. The molecule has 0 aliphatic carbocycles. The molecule has 1 fully saturated rings. The lowest BCUT2D eigenvalue weighted by atomic mass is 10.0. The van der Waals surface area contributed by atoms with Crippen LogP contribution in [0.1, 0.15) is 49.2 Å². The zero-order chi connectivity index (χ0) is 14.9. The van der Waals surface area contributed by atoms with Crippen LogP contribution in [0, 0.1) is 0 Å². The third-order valence-corrected chi connectivity index (χ3v) is 3.15. The van der Waals surface area contributed by atoms with Crippen LogP contribution in [-0.4, -0.2) is 51.0 Å². The Balaban J connectivity index is 2.04. The average molecular weight is 281 g/mol. The number of rotatable bonds is 2. The smallest absolute Gasteiger partial charge is 0.410 e. The zero-order valence-electron chi connectivity index (χ0n) is 11.8. The van der Waals surface area contributed by atoms with Gasteiger partial charge in [-0.15, -0.1) is 0 Å². The largest absolute Gasteiger partial charge is 0.478 e. The summed E-state index contributed by atoms with van der Waals surface area (Å²) in [6.45, 7) is 6.44. The number of hydrogen-bond acceptors (Lipinski definition) is 4. The number of likely N-dealkylation sites (tertiary alicyclic amines) is 1. The predicted octanol–water partition coefficient (Wildman–Crippen LogP) is 1.83. The summed E-state index contributed by atoms with van der Waals surface area (Å²) in [5, 5.41) is 15.6. The molecule has 7 nitrogen and oxygen atoms in total. The SMILES string of the molecule is CC(C)(C)OC(=O)N1CC[C@H](c2[nH]ncc2C(=O)O)C1. The van der Waals surface area contributed by atoms with Gasteiger partial charge in [0.05, 0.1) is 11.9 Å². The van der Waals surface area contributed by atoms with Crippen molar-refractivity contribution in [3.8, 4) is 0 Å². The first-order valence-corrected chi connectivity index (χ1v) is 6.52.